The Kier molecular flexibility index (Phi) is 8.31. The number of benzene rings is 1. The molecule has 29 heavy (non-hydrogen) atoms. The fourth-order valence-corrected chi connectivity index (χ4v) is 3.75. The quantitative estimate of drug-likeness (QED) is 0.511. The van der Waals surface area contributed by atoms with E-state index >= 15 is 0 Å². The standard InChI is InChI=1S/C22H35N5O2/c1-3-23-22(24-15-18(2)26-11-13-29-14-12-26)25-16-19-6-8-20(9-7-19)17-27-10-4-5-21(27)28/h6-9,18H,3-5,10-17H2,1-2H3,(H2,23,24,25). The van der Waals surface area contributed by atoms with E-state index in [1.54, 1.807) is 0 Å². The number of aliphatic imine (C=N–C) groups is 1. The molecule has 1 unspecified atom stereocenters. The molecule has 2 aliphatic heterocycles. The average Bonchev–Trinajstić information content (AvgIpc) is 3.16. The molecule has 7 heteroatoms. The fraction of sp³-hybridized carbons (Fsp3) is 0.636. The Morgan fingerprint density at radius 1 is 1.14 bits per heavy atom. The first kappa shape index (κ1) is 21.6. The van der Waals surface area contributed by atoms with Crippen LogP contribution in [0.25, 0.3) is 0 Å². The van der Waals surface area contributed by atoms with E-state index in [9.17, 15) is 4.79 Å². The molecule has 1 atom stereocenters. The first-order valence-corrected chi connectivity index (χ1v) is 10.8. The third kappa shape index (κ3) is 6.72. The number of amides is 1. The lowest BCUT2D eigenvalue weighted by Crippen LogP contribution is -2.49. The zero-order chi connectivity index (χ0) is 20.5. The van der Waals surface area contributed by atoms with E-state index in [1.807, 2.05) is 4.90 Å². The van der Waals surface area contributed by atoms with Gasteiger partial charge in [0.2, 0.25) is 5.91 Å². The van der Waals surface area contributed by atoms with Gasteiger partial charge >= 0.3 is 0 Å². The summed E-state index contributed by atoms with van der Waals surface area (Å²) in [5.41, 5.74) is 2.34. The van der Waals surface area contributed by atoms with Crippen LogP contribution < -0.4 is 10.6 Å². The molecule has 1 aromatic rings. The van der Waals surface area contributed by atoms with Crippen LogP contribution in [0.2, 0.25) is 0 Å². The zero-order valence-electron chi connectivity index (χ0n) is 17.8. The summed E-state index contributed by atoms with van der Waals surface area (Å²) in [6, 6.07) is 8.88. The summed E-state index contributed by atoms with van der Waals surface area (Å²) in [6.45, 7) is 11.9. The van der Waals surface area contributed by atoms with Gasteiger partial charge in [-0.05, 0) is 31.4 Å². The first-order chi connectivity index (χ1) is 14.2. The van der Waals surface area contributed by atoms with E-state index in [2.05, 4.69) is 53.6 Å². The maximum Gasteiger partial charge on any atom is 0.222 e. The monoisotopic (exact) mass is 401 g/mol. The third-order valence-electron chi connectivity index (χ3n) is 5.57. The molecule has 2 saturated heterocycles. The lowest BCUT2D eigenvalue weighted by molar-refractivity contribution is -0.128. The molecule has 3 rings (SSSR count). The van der Waals surface area contributed by atoms with E-state index in [0.29, 0.717) is 25.6 Å². The number of rotatable bonds is 8. The average molecular weight is 402 g/mol. The van der Waals surface area contributed by atoms with E-state index in [0.717, 1.165) is 58.3 Å². The molecule has 160 valence electrons. The van der Waals surface area contributed by atoms with Crippen molar-refractivity contribution in [3.05, 3.63) is 35.4 Å². The first-order valence-electron chi connectivity index (χ1n) is 10.8. The number of carbonyl (C=O) groups excluding carboxylic acids is 1. The third-order valence-corrected chi connectivity index (χ3v) is 5.57. The highest BCUT2D eigenvalue weighted by Gasteiger charge is 2.20. The van der Waals surface area contributed by atoms with E-state index in [1.165, 1.54) is 11.1 Å². The molecule has 0 radical (unpaired) electrons. The summed E-state index contributed by atoms with van der Waals surface area (Å²) >= 11 is 0. The number of carbonyl (C=O) groups is 1. The minimum atomic E-state index is 0.270. The molecule has 1 amide bonds. The SMILES string of the molecule is CCNC(=NCc1ccc(CN2CCCC2=O)cc1)NCC(C)N1CCOCC1. The molecule has 2 fully saturated rings. The van der Waals surface area contributed by atoms with Crippen molar-refractivity contribution in [3.63, 3.8) is 0 Å². The van der Waals surface area contributed by atoms with E-state index < -0.39 is 0 Å². The maximum absolute atomic E-state index is 11.8. The van der Waals surface area contributed by atoms with Gasteiger partial charge in [0.05, 0.1) is 19.8 Å². The van der Waals surface area contributed by atoms with Crippen molar-refractivity contribution < 1.29 is 9.53 Å². The topological polar surface area (TPSA) is 69.2 Å². The van der Waals surface area contributed by atoms with Gasteiger partial charge in [0.1, 0.15) is 0 Å². The summed E-state index contributed by atoms with van der Waals surface area (Å²) in [5.74, 6) is 1.12. The zero-order valence-corrected chi connectivity index (χ0v) is 17.8. The minimum absolute atomic E-state index is 0.270. The second kappa shape index (κ2) is 11.2. The summed E-state index contributed by atoms with van der Waals surface area (Å²) in [7, 11) is 0. The Morgan fingerprint density at radius 3 is 2.52 bits per heavy atom. The molecular weight excluding hydrogens is 366 g/mol. The Bertz CT molecular complexity index is 670. The minimum Gasteiger partial charge on any atom is -0.379 e. The number of morpholine rings is 1. The number of nitrogens with zero attached hydrogens (tertiary/aromatic N) is 3. The van der Waals surface area contributed by atoms with Crippen LogP contribution in [0.15, 0.2) is 29.3 Å². The summed E-state index contributed by atoms with van der Waals surface area (Å²) in [5, 5.41) is 6.79. The van der Waals surface area contributed by atoms with Crippen molar-refractivity contribution in [3.8, 4) is 0 Å². The van der Waals surface area contributed by atoms with Crippen LogP contribution in [-0.4, -0.2) is 73.6 Å². The molecule has 1 aromatic carbocycles. The Morgan fingerprint density at radius 2 is 1.86 bits per heavy atom. The number of likely N-dealkylation sites (tertiary alicyclic amines) is 1. The van der Waals surface area contributed by atoms with E-state index in [4.69, 9.17) is 9.73 Å². The van der Waals surface area contributed by atoms with Crippen LogP contribution in [0.1, 0.15) is 37.8 Å². The van der Waals surface area contributed by atoms with Crippen LogP contribution >= 0.6 is 0 Å². The van der Waals surface area contributed by atoms with E-state index in [-0.39, 0.29) is 5.91 Å². The van der Waals surface area contributed by atoms with Crippen molar-refractivity contribution in [2.45, 2.75) is 45.8 Å². The van der Waals surface area contributed by atoms with Gasteiger partial charge in [-0.15, -0.1) is 0 Å². The molecule has 2 heterocycles. The lowest BCUT2D eigenvalue weighted by Gasteiger charge is -2.32. The Balaban J connectivity index is 1.49. The molecule has 0 spiro atoms. The van der Waals surface area contributed by atoms with Crippen molar-refractivity contribution >= 4 is 11.9 Å². The normalized spacial score (nSPS) is 19.4. The molecule has 0 aliphatic carbocycles. The Hall–Kier alpha value is -2.12. The highest BCUT2D eigenvalue weighted by atomic mass is 16.5. The molecule has 2 N–H and O–H groups in total. The number of nitrogens with one attached hydrogen (secondary N) is 2. The van der Waals surface area contributed by atoms with Gasteiger partial charge in [0.15, 0.2) is 5.96 Å². The number of ether oxygens (including phenoxy) is 1. The van der Waals surface area contributed by atoms with Gasteiger partial charge < -0.3 is 20.3 Å². The van der Waals surface area contributed by atoms with Gasteiger partial charge in [-0.25, -0.2) is 4.99 Å². The highest BCUT2D eigenvalue weighted by molar-refractivity contribution is 5.79. The van der Waals surface area contributed by atoms with Crippen LogP contribution in [0.4, 0.5) is 0 Å². The molecule has 0 aromatic heterocycles. The van der Waals surface area contributed by atoms with Gasteiger partial charge in [-0.2, -0.15) is 0 Å². The fourth-order valence-electron chi connectivity index (χ4n) is 3.75. The van der Waals surface area contributed by atoms with Gasteiger partial charge in [0, 0.05) is 51.7 Å². The number of guanidine groups is 1. The predicted molar refractivity (Wildman–Crippen MR) is 116 cm³/mol. The molecule has 0 bridgehead atoms. The second-order valence-electron chi connectivity index (χ2n) is 7.81. The summed E-state index contributed by atoms with van der Waals surface area (Å²) < 4.78 is 5.43. The molecule has 7 nitrogen and oxygen atoms in total. The molecule has 2 aliphatic rings. The smallest absolute Gasteiger partial charge is 0.222 e. The van der Waals surface area contributed by atoms with Crippen LogP contribution in [0.3, 0.4) is 0 Å². The van der Waals surface area contributed by atoms with Crippen LogP contribution in [0.5, 0.6) is 0 Å². The molecule has 0 saturated carbocycles. The van der Waals surface area contributed by atoms with Crippen molar-refractivity contribution in [2.24, 2.45) is 4.99 Å². The van der Waals surface area contributed by atoms with Crippen molar-refractivity contribution in [1.82, 2.24) is 20.4 Å². The van der Waals surface area contributed by atoms with Crippen molar-refractivity contribution in [1.29, 1.82) is 0 Å². The second-order valence-corrected chi connectivity index (χ2v) is 7.81. The van der Waals surface area contributed by atoms with Gasteiger partial charge in [-0.1, -0.05) is 24.3 Å². The summed E-state index contributed by atoms with van der Waals surface area (Å²) in [4.78, 5) is 20.9. The van der Waals surface area contributed by atoms with Crippen LogP contribution in [0, 0.1) is 0 Å². The summed E-state index contributed by atoms with van der Waals surface area (Å²) in [6.07, 6.45) is 1.67. The largest absolute Gasteiger partial charge is 0.379 e. The lowest BCUT2D eigenvalue weighted by atomic mass is 10.1. The number of hydrogen-bond donors (Lipinski definition) is 2. The maximum atomic E-state index is 11.8. The van der Waals surface area contributed by atoms with Gasteiger partial charge in [0.25, 0.3) is 0 Å². The highest BCUT2D eigenvalue weighted by Crippen LogP contribution is 2.15. The van der Waals surface area contributed by atoms with Crippen LogP contribution in [-0.2, 0) is 22.6 Å². The van der Waals surface area contributed by atoms with Crippen molar-refractivity contribution in [2.75, 3.05) is 45.9 Å². The molecular formula is C22H35N5O2. The van der Waals surface area contributed by atoms with Gasteiger partial charge in [-0.3, -0.25) is 9.69 Å². The predicted octanol–water partition coefficient (Wildman–Crippen LogP) is 1.58. The number of hydrogen-bond acceptors (Lipinski definition) is 4. The Labute approximate surface area is 174 Å².